The second-order valence-corrected chi connectivity index (χ2v) is 5.39. The van der Waals surface area contributed by atoms with Crippen LogP contribution in [0.15, 0.2) is 42.5 Å². The fourth-order valence-electron chi connectivity index (χ4n) is 2.71. The predicted octanol–water partition coefficient (Wildman–Crippen LogP) is 2.52. The highest BCUT2D eigenvalue weighted by Crippen LogP contribution is 2.31. The van der Waals surface area contributed by atoms with Gasteiger partial charge in [0.1, 0.15) is 5.82 Å². The molecule has 2 aromatic carbocycles. The second kappa shape index (κ2) is 5.30. The van der Waals surface area contributed by atoms with Crippen molar-refractivity contribution in [2.45, 2.75) is 25.5 Å². The molecule has 2 aromatic rings. The van der Waals surface area contributed by atoms with Crippen molar-refractivity contribution in [3.8, 4) is 0 Å². The molecular formula is C17H16FNO2. The van der Waals surface area contributed by atoms with Crippen LogP contribution in [-0.4, -0.2) is 17.1 Å². The van der Waals surface area contributed by atoms with Gasteiger partial charge in [-0.05, 0) is 35.7 Å². The first kappa shape index (κ1) is 13.8. The SMILES string of the molecule is Cc1ccc(C(=O)NC2c3ccccc3CC2O)cc1F. The Kier molecular flexibility index (Phi) is 3.47. The molecule has 3 nitrogen and oxygen atoms in total. The van der Waals surface area contributed by atoms with Gasteiger partial charge in [0.15, 0.2) is 0 Å². The van der Waals surface area contributed by atoms with E-state index in [1.807, 2.05) is 24.3 Å². The van der Waals surface area contributed by atoms with Crippen molar-refractivity contribution in [2.75, 3.05) is 0 Å². The third-order valence-electron chi connectivity index (χ3n) is 3.92. The number of hydrogen-bond donors (Lipinski definition) is 2. The van der Waals surface area contributed by atoms with Gasteiger partial charge >= 0.3 is 0 Å². The topological polar surface area (TPSA) is 49.3 Å². The standard InChI is InChI=1S/C17H16FNO2/c1-10-6-7-12(8-14(10)18)17(21)19-16-13-5-3-2-4-11(13)9-15(16)20/h2-8,15-16,20H,9H2,1H3,(H,19,21). The van der Waals surface area contributed by atoms with Crippen molar-refractivity contribution in [1.82, 2.24) is 5.32 Å². The average molecular weight is 285 g/mol. The summed E-state index contributed by atoms with van der Waals surface area (Å²) in [5.74, 6) is -0.787. The minimum Gasteiger partial charge on any atom is -0.390 e. The molecule has 0 bridgehead atoms. The molecule has 0 heterocycles. The molecule has 108 valence electrons. The smallest absolute Gasteiger partial charge is 0.251 e. The summed E-state index contributed by atoms with van der Waals surface area (Å²) in [6.07, 6.45) is -0.134. The van der Waals surface area contributed by atoms with E-state index >= 15 is 0 Å². The molecule has 1 amide bonds. The molecular weight excluding hydrogens is 269 g/mol. The molecule has 3 rings (SSSR count). The van der Waals surface area contributed by atoms with E-state index in [4.69, 9.17) is 0 Å². The number of rotatable bonds is 2. The van der Waals surface area contributed by atoms with Crippen molar-refractivity contribution < 1.29 is 14.3 Å². The van der Waals surface area contributed by atoms with E-state index < -0.39 is 18.0 Å². The molecule has 1 aliphatic rings. The Hall–Kier alpha value is -2.20. The van der Waals surface area contributed by atoms with Crippen LogP contribution < -0.4 is 5.32 Å². The van der Waals surface area contributed by atoms with Gasteiger partial charge in [-0.3, -0.25) is 4.79 Å². The fraction of sp³-hybridized carbons (Fsp3) is 0.235. The summed E-state index contributed by atoms with van der Waals surface area (Å²) in [6.45, 7) is 1.65. The van der Waals surface area contributed by atoms with Crippen molar-refractivity contribution in [2.24, 2.45) is 0 Å². The molecule has 0 aromatic heterocycles. The van der Waals surface area contributed by atoms with Gasteiger partial charge < -0.3 is 10.4 Å². The zero-order valence-electron chi connectivity index (χ0n) is 11.6. The van der Waals surface area contributed by atoms with Crippen LogP contribution in [-0.2, 0) is 6.42 Å². The van der Waals surface area contributed by atoms with Crippen molar-refractivity contribution >= 4 is 5.91 Å². The molecule has 0 saturated carbocycles. The van der Waals surface area contributed by atoms with Gasteiger partial charge in [0.25, 0.3) is 5.91 Å². The molecule has 0 saturated heterocycles. The van der Waals surface area contributed by atoms with Gasteiger partial charge in [0, 0.05) is 12.0 Å². The van der Waals surface area contributed by atoms with Crippen LogP contribution in [0.4, 0.5) is 4.39 Å². The van der Waals surface area contributed by atoms with Gasteiger partial charge in [0.05, 0.1) is 12.1 Å². The number of fused-ring (bicyclic) bond motifs is 1. The lowest BCUT2D eigenvalue weighted by Crippen LogP contribution is -2.33. The van der Waals surface area contributed by atoms with Gasteiger partial charge in [-0.2, -0.15) is 0 Å². The number of aliphatic hydroxyl groups excluding tert-OH is 1. The summed E-state index contributed by atoms with van der Waals surface area (Å²) in [5, 5.41) is 12.9. The Balaban J connectivity index is 1.83. The molecule has 0 spiro atoms. The quantitative estimate of drug-likeness (QED) is 0.890. The summed E-state index contributed by atoms with van der Waals surface area (Å²) >= 11 is 0. The highest BCUT2D eigenvalue weighted by atomic mass is 19.1. The summed E-state index contributed by atoms with van der Waals surface area (Å²) < 4.78 is 13.5. The molecule has 0 fully saturated rings. The van der Waals surface area contributed by atoms with Crippen LogP contribution in [0, 0.1) is 12.7 Å². The first-order chi connectivity index (χ1) is 10.1. The maximum atomic E-state index is 13.5. The third kappa shape index (κ3) is 2.54. The summed E-state index contributed by atoms with van der Waals surface area (Å²) in [4.78, 5) is 12.2. The van der Waals surface area contributed by atoms with E-state index in [9.17, 15) is 14.3 Å². The van der Waals surface area contributed by atoms with Crippen LogP contribution in [0.25, 0.3) is 0 Å². The van der Waals surface area contributed by atoms with E-state index in [2.05, 4.69) is 5.32 Å². The molecule has 2 N–H and O–H groups in total. The van der Waals surface area contributed by atoms with E-state index in [-0.39, 0.29) is 11.5 Å². The number of aliphatic hydroxyl groups is 1. The summed E-state index contributed by atoms with van der Waals surface area (Å²) in [7, 11) is 0. The molecule has 4 heteroatoms. The van der Waals surface area contributed by atoms with Crippen LogP contribution >= 0.6 is 0 Å². The Morgan fingerprint density at radius 1 is 1.29 bits per heavy atom. The fourth-order valence-corrected chi connectivity index (χ4v) is 2.71. The van der Waals surface area contributed by atoms with Crippen molar-refractivity contribution in [1.29, 1.82) is 0 Å². The largest absolute Gasteiger partial charge is 0.390 e. The summed E-state index contributed by atoms with van der Waals surface area (Å²) in [6, 6.07) is 11.6. The lowest BCUT2D eigenvalue weighted by molar-refractivity contribution is 0.0858. The first-order valence-corrected chi connectivity index (χ1v) is 6.89. The third-order valence-corrected chi connectivity index (χ3v) is 3.92. The molecule has 1 aliphatic carbocycles. The number of hydrogen-bond acceptors (Lipinski definition) is 2. The number of amides is 1. The van der Waals surface area contributed by atoms with Crippen LogP contribution in [0.3, 0.4) is 0 Å². The van der Waals surface area contributed by atoms with Gasteiger partial charge in [-0.1, -0.05) is 30.3 Å². The second-order valence-electron chi connectivity index (χ2n) is 5.39. The molecule has 0 aliphatic heterocycles. The van der Waals surface area contributed by atoms with E-state index in [0.717, 1.165) is 11.1 Å². The van der Waals surface area contributed by atoms with E-state index in [0.29, 0.717) is 12.0 Å². The Labute approximate surface area is 122 Å². The number of nitrogens with one attached hydrogen (secondary N) is 1. The Bertz CT molecular complexity index is 699. The zero-order chi connectivity index (χ0) is 15.0. The highest BCUT2D eigenvalue weighted by molar-refractivity contribution is 5.94. The van der Waals surface area contributed by atoms with Crippen LogP contribution in [0.2, 0.25) is 0 Å². The van der Waals surface area contributed by atoms with Gasteiger partial charge in [-0.15, -0.1) is 0 Å². The van der Waals surface area contributed by atoms with E-state index in [1.54, 1.807) is 19.1 Å². The normalized spacial score (nSPS) is 20.1. The maximum absolute atomic E-state index is 13.5. The van der Waals surface area contributed by atoms with Crippen molar-refractivity contribution in [3.05, 3.63) is 70.5 Å². The minimum absolute atomic E-state index is 0.259. The van der Waals surface area contributed by atoms with Crippen LogP contribution in [0.1, 0.15) is 33.1 Å². The number of aryl methyl sites for hydroxylation is 1. The average Bonchev–Trinajstić information content (AvgIpc) is 2.78. The number of benzene rings is 2. The molecule has 21 heavy (non-hydrogen) atoms. The molecule has 2 unspecified atom stereocenters. The lowest BCUT2D eigenvalue weighted by Gasteiger charge is -2.18. The zero-order valence-corrected chi connectivity index (χ0v) is 11.6. The Morgan fingerprint density at radius 3 is 2.81 bits per heavy atom. The van der Waals surface area contributed by atoms with E-state index in [1.165, 1.54) is 6.07 Å². The van der Waals surface area contributed by atoms with Crippen molar-refractivity contribution in [3.63, 3.8) is 0 Å². The first-order valence-electron chi connectivity index (χ1n) is 6.89. The number of carbonyl (C=O) groups is 1. The highest BCUT2D eigenvalue weighted by Gasteiger charge is 2.32. The van der Waals surface area contributed by atoms with Crippen LogP contribution in [0.5, 0.6) is 0 Å². The Morgan fingerprint density at radius 2 is 2.05 bits per heavy atom. The lowest BCUT2D eigenvalue weighted by atomic mass is 10.1. The predicted molar refractivity (Wildman–Crippen MR) is 77.5 cm³/mol. The maximum Gasteiger partial charge on any atom is 0.251 e. The monoisotopic (exact) mass is 285 g/mol. The molecule has 0 radical (unpaired) electrons. The van der Waals surface area contributed by atoms with Gasteiger partial charge in [0.2, 0.25) is 0 Å². The minimum atomic E-state index is -0.651. The molecule has 2 atom stereocenters. The van der Waals surface area contributed by atoms with Gasteiger partial charge in [-0.25, -0.2) is 4.39 Å². The number of carbonyl (C=O) groups excluding carboxylic acids is 1. The number of halogens is 1. The summed E-state index contributed by atoms with van der Waals surface area (Å²) in [5.41, 5.74) is 2.71.